The normalized spacial score (nSPS) is 24.1. The molecule has 9 heavy (non-hydrogen) atoms. The molecule has 0 fully saturated rings. The standard InChI is InChI=1S/C8H7Se/c1-6-5-7-3-2-4-8(7)9-6/h2-5H,1H3. The maximum atomic E-state index is 2.29. The van der Waals surface area contributed by atoms with Gasteiger partial charge in [-0.15, -0.1) is 0 Å². The Kier molecular flexibility index (Phi) is 1.14. The Labute approximate surface area is 61.5 Å². The molecular weight excluding hydrogens is 175 g/mol. The Morgan fingerprint density at radius 3 is 3.11 bits per heavy atom. The fourth-order valence-electron chi connectivity index (χ4n) is 1.05. The van der Waals surface area contributed by atoms with Gasteiger partial charge in [-0.1, -0.05) is 0 Å². The summed E-state index contributed by atoms with van der Waals surface area (Å²) in [5, 5.41) is 0. The van der Waals surface area contributed by atoms with Gasteiger partial charge >= 0.3 is 61.0 Å². The van der Waals surface area contributed by atoms with Gasteiger partial charge in [0.2, 0.25) is 0 Å². The molecule has 0 unspecified atom stereocenters. The Bertz CT molecular complexity index is 221. The van der Waals surface area contributed by atoms with Crippen molar-refractivity contribution in [1.29, 1.82) is 0 Å². The third-order valence-electron chi connectivity index (χ3n) is 1.44. The number of rotatable bonds is 0. The van der Waals surface area contributed by atoms with Gasteiger partial charge in [0.1, 0.15) is 0 Å². The monoisotopic (exact) mass is 183 g/mol. The van der Waals surface area contributed by atoms with Crippen molar-refractivity contribution in [3.05, 3.63) is 39.2 Å². The van der Waals surface area contributed by atoms with E-state index in [4.69, 9.17) is 0 Å². The molecular formula is C8H7Se. The fourth-order valence-corrected chi connectivity index (χ4v) is 2.99. The second-order valence-corrected chi connectivity index (χ2v) is 4.90. The molecule has 0 aromatic heterocycles. The molecule has 1 radical (unpaired) electrons. The van der Waals surface area contributed by atoms with E-state index in [0.717, 1.165) is 0 Å². The van der Waals surface area contributed by atoms with Crippen LogP contribution < -0.4 is 0 Å². The number of hydrogen-bond acceptors (Lipinski definition) is 0. The van der Waals surface area contributed by atoms with Crippen molar-refractivity contribution in [2.24, 2.45) is 0 Å². The van der Waals surface area contributed by atoms with Crippen LogP contribution >= 0.6 is 0 Å². The van der Waals surface area contributed by atoms with Crippen LogP contribution in [-0.2, 0) is 0 Å². The summed E-state index contributed by atoms with van der Waals surface area (Å²) in [5.74, 6) is 0. The van der Waals surface area contributed by atoms with E-state index in [0.29, 0.717) is 15.0 Å². The van der Waals surface area contributed by atoms with Crippen molar-refractivity contribution >= 4 is 15.0 Å². The van der Waals surface area contributed by atoms with Crippen LogP contribution in [0.3, 0.4) is 0 Å². The molecule has 2 rings (SSSR count). The molecule has 1 heterocycles. The van der Waals surface area contributed by atoms with Crippen molar-refractivity contribution in [2.75, 3.05) is 0 Å². The quantitative estimate of drug-likeness (QED) is 0.499. The van der Waals surface area contributed by atoms with Gasteiger partial charge in [-0.2, -0.15) is 0 Å². The number of allylic oxidation sites excluding steroid dienone is 6. The van der Waals surface area contributed by atoms with Crippen LogP contribution in [0.2, 0.25) is 0 Å². The average molecular weight is 182 g/mol. The van der Waals surface area contributed by atoms with Gasteiger partial charge in [0, 0.05) is 0 Å². The molecule has 0 bridgehead atoms. The van der Waals surface area contributed by atoms with Crippen LogP contribution in [0, 0.1) is 4.82 Å². The summed E-state index contributed by atoms with van der Waals surface area (Å²) < 4.78 is 1.56. The molecule has 0 aromatic rings. The summed E-state index contributed by atoms with van der Waals surface area (Å²) in [4.78, 5) is 1.55. The summed E-state index contributed by atoms with van der Waals surface area (Å²) in [6.45, 7) is 2.21. The summed E-state index contributed by atoms with van der Waals surface area (Å²) in [6.07, 6.45) is 8.83. The van der Waals surface area contributed by atoms with Gasteiger partial charge in [0.05, 0.1) is 0 Å². The predicted molar refractivity (Wildman–Crippen MR) is 40.0 cm³/mol. The van der Waals surface area contributed by atoms with Crippen molar-refractivity contribution in [3.8, 4) is 0 Å². The topological polar surface area (TPSA) is 0 Å². The van der Waals surface area contributed by atoms with Crippen LogP contribution in [0.5, 0.6) is 0 Å². The van der Waals surface area contributed by atoms with Crippen molar-refractivity contribution < 1.29 is 0 Å². The third kappa shape index (κ3) is 0.810. The van der Waals surface area contributed by atoms with Crippen LogP contribution in [-0.4, -0.2) is 15.0 Å². The zero-order chi connectivity index (χ0) is 6.27. The first-order chi connectivity index (χ1) is 4.36. The molecule has 0 amide bonds. The fraction of sp³-hybridized carbons (Fsp3) is 0.125. The molecule has 2 aliphatic rings. The first kappa shape index (κ1) is 5.52. The number of fused-ring (bicyclic) bond motifs is 1. The van der Waals surface area contributed by atoms with Crippen LogP contribution in [0.1, 0.15) is 6.92 Å². The Hall–Kier alpha value is -0.261. The summed E-state index contributed by atoms with van der Waals surface area (Å²) in [5.41, 5.74) is 1.45. The molecule has 0 spiro atoms. The molecule has 0 atom stereocenters. The zero-order valence-corrected chi connectivity index (χ0v) is 6.93. The minimum atomic E-state index is 0.652. The first-order valence-corrected chi connectivity index (χ1v) is 4.69. The van der Waals surface area contributed by atoms with E-state index in [2.05, 4.69) is 31.2 Å². The molecule has 0 nitrogen and oxygen atoms in total. The van der Waals surface area contributed by atoms with E-state index in [1.54, 1.807) is 9.29 Å². The van der Waals surface area contributed by atoms with Gasteiger partial charge in [-0.25, -0.2) is 0 Å². The predicted octanol–water partition coefficient (Wildman–Crippen LogP) is 1.64. The second-order valence-electron chi connectivity index (χ2n) is 2.20. The van der Waals surface area contributed by atoms with Gasteiger partial charge in [0.25, 0.3) is 0 Å². The van der Waals surface area contributed by atoms with Gasteiger partial charge in [-0.3, -0.25) is 0 Å². The maximum absolute atomic E-state index is 2.29. The summed E-state index contributed by atoms with van der Waals surface area (Å²) in [6, 6.07) is 0. The van der Waals surface area contributed by atoms with Crippen molar-refractivity contribution in [3.63, 3.8) is 0 Å². The number of hydrogen-bond donors (Lipinski definition) is 0. The summed E-state index contributed by atoms with van der Waals surface area (Å²) >= 11 is 0.652. The third-order valence-corrected chi connectivity index (χ3v) is 3.60. The van der Waals surface area contributed by atoms with E-state index in [1.807, 2.05) is 0 Å². The molecule has 0 aromatic carbocycles. The molecule has 0 saturated heterocycles. The molecule has 1 aliphatic carbocycles. The minimum absolute atomic E-state index is 0.652. The van der Waals surface area contributed by atoms with Gasteiger partial charge in [-0.05, 0) is 0 Å². The van der Waals surface area contributed by atoms with E-state index in [-0.39, 0.29) is 0 Å². The van der Waals surface area contributed by atoms with Crippen molar-refractivity contribution in [2.45, 2.75) is 6.92 Å². The molecule has 1 aliphatic heterocycles. The van der Waals surface area contributed by atoms with Gasteiger partial charge < -0.3 is 0 Å². The van der Waals surface area contributed by atoms with E-state index < -0.39 is 0 Å². The molecule has 0 saturated carbocycles. The van der Waals surface area contributed by atoms with Crippen LogP contribution in [0.4, 0.5) is 0 Å². The summed E-state index contributed by atoms with van der Waals surface area (Å²) in [7, 11) is 0. The van der Waals surface area contributed by atoms with Crippen molar-refractivity contribution in [1.82, 2.24) is 0 Å². The molecule has 0 N–H and O–H groups in total. The van der Waals surface area contributed by atoms with E-state index in [1.165, 1.54) is 5.57 Å². The first-order valence-electron chi connectivity index (χ1n) is 2.98. The van der Waals surface area contributed by atoms with E-state index in [9.17, 15) is 0 Å². The van der Waals surface area contributed by atoms with Crippen LogP contribution in [0.25, 0.3) is 0 Å². The molecule has 1 heteroatoms. The van der Waals surface area contributed by atoms with Crippen LogP contribution in [0.15, 0.2) is 34.3 Å². The zero-order valence-electron chi connectivity index (χ0n) is 5.22. The second kappa shape index (κ2) is 1.86. The Morgan fingerprint density at radius 1 is 1.44 bits per heavy atom. The SMILES string of the molecule is C[C]1C=C2C=CC=C2[Se]1. The Morgan fingerprint density at radius 2 is 2.33 bits per heavy atom. The average Bonchev–Trinajstić information content (AvgIpc) is 2.22. The Balaban J connectivity index is 2.40. The molecule has 45 valence electrons. The van der Waals surface area contributed by atoms with E-state index >= 15 is 0 Å². The van der Waals surface area contributed by atoms with Gasteiger partial charge in [0.15, 0.2) is 0 Å².